The highest BCUT2D eigenvalue weighted by Crippen LogP contribution is 2.17. The molecular weight excluding hydrogens is 184 g/mol. The molecule has 1 nitrogen and oxygen atoms in total. The summed E-state index contributed by atoms with van der Waals surface area (Å²) < 4.78 is 0. The summed E-state index contributed by atoms with van der Waals surface area (Å²) >= 11 is 0. The van der Waals surface area contributed by atoms with Gasteiger partial charge < -0.3 is 0 Å². The standard InChI is InChI=1S/C14H20O/c1-4-5-6-9-13-11(2)8-7-10-14(13)12(3)15/h7-8,10H,4-6,9H2,1-3H3. The molecule has 0 aromatic heterocycles. The second-order valence-electron chi connectivity index (χ2n) is 4.11. The van der Waals surface area contributed by atoms with Gasteiger partial charge in [-0.3, -0.25) is 4.79 Å². The number of rotatable bonds is 5. The number of benzene rings is 1. The van der Waals surface area contributed by atoms with Gasteiger partial charge in [0.2, 0.25) is 0 Å². The van der Waals surface area contributed by atoms with E-state index in [2.05, 4.69) is 19.9 Å². The summed E-state index contributed by atoms with van der Waals surface area (Å²) in [6.07, 6.45) is 4.68. The zero-order valence-corrected chi connectivity index (χ0v) is 9.97. The molecule has 0 aliphatic rings. The number of Topliss-reactive ketones (excluding diaryl/α,β-unsaturated/α-hetero) is 1. The van der Waals surface area contributed by atoms with E-state index in [1.807, 2.05) is 12.1 Å². The third-order valence-electron chi connectivity index (χ3n) is 2.82. The van der Waals surface area contributed by atoms with Gasteiger partial charge in [0.1, 0.15) is 0 Å². The molecule has 0 N–H and O–H groups in total. The van der Waals surface area contributed by atoms with Crippen molar-refractivity contribution < 1.29 is 4.79 Å². The summed E-state index contributed by atoms with van der Waals surface area (Å²) in [6.45, 7) is 5.94. The highest BCUT2D eigenvalue weighted by molar-refractivity contribution is 5.95. The van der Waals surface area contributed by atoms with Gasteiger partial charge in [0, 0.05) is 5.56 Å². The number of aryl methyl sites for hydroxylation is 1. The first-order valence-electron chi connectivity index (χ1n) is 5.76. The monoisotopic (exact) mass is 204 g/mol. The van der Waals surface area contributed by atoms with Crippen molar-refractivity contribution in [2.24, 2.45) is 0 Å². The Morgan fingerprint density at radius 1 is 1.27 bits per heavy atom. The van der Waals surface area contributed by atoms with Crippen LogP contribution in [0, 0.1) is 6.92 Å². The highest BCUT2D eigenvalue weighted by Gasteiger charge is 2.08. The molecule has 1 rings (SSSR count). The van der Waals surface area contributed by atoms with Gasteiger partial charge in [0.05, 0.1) is 0 Å². The Morgan fingerprint density at radius 3 is 2.60 bits per heavy atom. The Balaban J connectivity index is 2.87. The Bertz CT molecular complexity index is 339. The molecule has 0 fully saturated rings. The third-order valence-corrected chi connectivity index (χ3v) is 2.82. The lowest BCUT2D eigenvalue weighted by Crippen LogP contribution is -2.02. The van der Waals surface area contributed by atoms with Gasteiger partial charge in [-0.05, 0) is 37.8 Å². The van der Waals surface area contributed by atoms with Crippen LogP contribution in [0.5, 0.6) is 0 Å². The summed E-state index contributed by atoms with van der Waals surface area (Å²) in [4.78, 5) is 11.5. The van der Waals surface area contributed by atoms with Gasteiger partial charge in [-0.2, -0.15) is 0 Å². The predicted octanol–water partition coefficient (Wildman–Crippen LogP) is 3.93. The van der Waals surface area contributed by atoms with Crippen LogP contribution in [0.4, 0.5) is 0 Å². The maximum atomic E-state index is 11.5. The van der Waals surface area contributed by atoms with Crippen LogP contribution in [-0.2, 0) is 6.42 Å². The van der Waals surface area contributed by atoms with E-state index in [1.54, 1.807) is 6.92 Å². The molecule has 0 aliphatic carbocycles. The lowest BCUT2D eigenvalue weighted by atomic mass is 9.95. The van der Waals surface area contributed by atoms with Crippen LogP contribution in [0.15, 0.2) is 18.2 Å². The molecule has 0 radical (unpaired) electrons. The van der Waals surface area contributed by atoms with Crippen LogP contribution in [0.1, 0.15) is 54.6 Å². The lowest BCUT2D eigenvalue weighted by Gasteiger charge is -2.09. The minimum Gasteiger partial charge on any atom is -0.295 e. The molecule has 1 aromatic rings. The minimum atomic E-state index is 0.185. The zero-order valence-electron chi connectivity index (χ0n) is 9.97. The maximum Gasteiger partial charge on any atom is 0.160 e. The molecule has 0 heterocycles. The summed E-state index contributed by atoms with van der Waals surface area (Å²) in [5.74, 6) is 0.185. The Hall–Kier alpha value is -1.11. The summed E-state index contributed by atoms with van der Waals surface area (Å²) in [5.41, 5.74) is 3.41. The van der Waals surface area contributed by atoms with Gasteiger partial charge in [0.15, 0.2) is 5.78 Å². The van der Waals surface area contributed by atoms with Crippen molar-refractivity contribution in [2.45, 2.75) is 46.5 Å². The van der Waals surface area contributed by atoms with Crippen LogP contribution in [-0.4, -0.2) is 5.78 Å². The molecule has 1 heteroatoms. The first-order valence-corrected chi connectivity index (χ1v) is 5.76. The van der Waals surface area contributed by atoms with E-state index in [-0.39, 0.29) is 5.78 Å². The van der Waals surface area contributed by atoms with Crippen molar-refractivity contribution in [1.29, 1.82) is 0 Å². The van der Waals surface area contributed by atoms with Gasteiger partial charge >= 0.3 is 0 Å². The third kappa shape index (κ3) is 3.19. The van der Waals surface area contributed by atoms with E-state index < -0.39 is 0 Å². The number of hydrogen-bond donors (Lipinski definition) is 0. The Labute approximate surface area is 92.5 Å². The average molecular weight is 204 g/mol. The Morgan fingerprint density at radius 2 is 2.00 bits per heavy atom. The van der Waals surface area contributed by atoms with Gasteiger partial charge in [0.25, 0.3) is 0 Å². The highest BCUT2D eigenvalue weighted by atomic mass is 16.1. The number of hydrogen-bond acceptors (Lipinski definition) is 1. The van der Waals surface area contributed by atoms with E-state index in [0.29, 0.717) is 0 Å². The van der Waals surface area contributed by atoms with E-state index in [4.69, 9.17) is 0 Å². The first-order chi connectivity index (χ1) is 7.16. The van der Waals surface area contributed by atoms with Crippen LogP contribution < -0.4 is 0 Å². The molecule has 82 valence electrons. The van der Waals surface area contributed by atoms with Crippen molar-refractivity contribution in [1.82, 2.24) is 0 Å². The summed E-state index contributed by atoms with van der Waals surface area (Å²) in [6, 6.07) is 6.00. The second-order valence-corrected chi connectivity index (χ2v) is 4.11. The molecule has 15 heavy (non-hydrogen) atoms. The van der Waals surface area contributed by atoms with Gasteiger partial charge in [-0.25, -0.2) is 0 Å². The van der Waals surface area contributed by atoms with E-state index >= 15 is 0 Å². The molecule has 0 saturated carbocycles. The number of carbonyl (C=O) groups is 1. The largest absolute Gasteiger partial charge is 0.295 e. The molecule has 0 saturated heterocycles. The number of unbranched alkanes of at least 4 members (excludes halogenated alkanes) is 2. The van der Waals surface area contributed by atoms with Gasteiger partial charge in [-0.15, -0.1) is 0 Å². The average Bonchev–Trinajstić information content (AvgIpc) is 2.20. The fraction of sp³-hybridized carbons (Fsp3) is 0.500. The molecule has 0 atom stereocenters. The lowest BCUT2D eigenvalue weighted by molar-refractivity contribution is 0.101. The molecule has 0 unspecified atom stereocenters. The maximum absolute atomic E-state index is 11.5. The number of carbonyl (C=O) groups excluding carboxylic acids is 1. The fourth-order valence-corrected chi connectivity index (χ4v) is 1.92. The van der Waals surface area contributed by atoms with Crippen molar-refractivity contribution in [3.63, 3.8) is 0 Å². The molecular formula is C14H20O. The van der Waals surface area contributed by atoms with E-state index in [1.165, 1.54) is 30.4 Å². The molecule has 1 aromatic carbocycles. The van der Waals surface area contributed by atoms with Crippen LogP contribution in [0.25, 0.3) is 0 Å². The van der Waals surface area contributed by atoms with Crippen molar-refractivity contribution in [2.75, 3.05) is 0 Å². The minimum absolute atomic E-state index is 0.185. The van der Waals surface area contributed by atoms with Crippen molar-refractivity contribution in [3.8, 4) is 0 Å². The molecule has 0 aliphatic heterocycles. The summed E-state index contributed by atoms with van der Waals surface area (Å²) in [7, 11) is 0. The SMILES string of the molecule is CCCCCc1c(C)cccc1C(C)=O. The van der Waals surface area contributed by atoms with E-state index in [9.17, 15) is 4.79 Å². The number of ketones is 1. The van der Waals surface area contributed by atoms with Crippen LogP contribution in [0.3, 0.4) is 0 Å². The Kier molecular flexibility index (Phi) is 4.54. The molecule has 0 bridgehead atoms. The van der Waals surface area contributed by atoms with Crippen LogP contribution in [0.2, 0.25) is 0 Å². The zero-order chi connectivity index (χ0) is 11.3. The van der Waals surface area contributed by atoms with Crippen molar-refractivity contribution in [3.05, 3.63) is 34.9 Å². The topological polar surface area (TPSA) is 17.1 Å². The normalized spacial score (nSPS) is 10.3. The first kappa shape index (κ1) is 12.0. The quantitative estimate of drug-likeness (QED) is 0.524. The molecule has 0 spiro atoms. The van der Waals surface area contributed by atoms with Gasteiger partial charge in [-0.1, -0.05) is 38.0 Å². The van der Waals surface area contributed by atoms with Crippen LogP contribution >= 0.6 is 0 Å². The molecule has 0 amide bonds. The smallest absolute Gasteiger partial charge is 0.160 e. The van der Waals surface area contributed by atoms with Crippen molar-refractivity contribution >= 4 is 5.78 Å². The predicted molar refractivity (Wildman–Crippen MR) is 64.4 cm³/mol. The summed E-state index contributed by atoms with van der Waals surface area (Å²) in [5, 5.41) is 0. The van der Waals surface area contributed by atoms with E-state index in [0.717, 1.165) is 12.0 Å². The second kappa shape index (κ2) is 5.69. The fourth-order valence-electron chi connectivity index (χ4n) is 1.92.